The molecule has 0 aromatic carbocycles. The molecule has 3 heterocycles. The Labute approximate surface area is 146 Å². The van der Waals surface area contributed by atoms with Gasteiger partial charge >= 0.3 is 6.09 Å². The molecular formula is C16H23ClN4O3. The van der Waals surface area contributed by atoms with Gasteiger partial charge in [-0.15, -0.1) is 0 Å². The van der Waals surface area contributed by atoms with Crippen molar-refractivity contribution in [3.05, 3.63) is 16.5 Å². The zero-order valence-corrected chi connectivity index (χ0v) is 15.1. The fourth-order valence-corrected chi connectivity index (χ4v) is 3.07. The number of aromatic nitrogens is 2. The van der Waals surface area contributed by atoms with Crippen LogP contribution in [-0.2, 0) is 22.4 Å². The maximum Gasteiger partial charge on any atom is 0.410 e. The van der Waals surface area contributed by atoms with Gasteiger partial charge in [0.1, 0.15) is 11.4 Å². The maximum atomic E-state index is 12.4. The molecule has 0 N–H and O–H groups in total. The van der Waals surface area contributed by atoms with Gasteiger partial charge in [0.2, 0.25) is 5.28 Å². The first-order chi connectivity index (χ1) is 11.3. The van der Waals surface area contributed by atoms with Gasteiger partial charge < -0.3 is 19.3 Å². The Morgan fingerprint density at radius 3 is 2.58 bits per heavy atom. The summed E-state index contributed by atoms with van der Waals surface area (Å²) < 4.78 is 10.9. The summed E-state index contributed by atoms with van der Waals surface area (Å²) >= 11 is 6.10. The van der Waals surface area contributed by atoms with Crippen LogP contribution >= 0.6 is 11.6 Å². The highest BCUT2D eigenvalue weighted by molar-refractivity contribution is 6.28. The van der Waals surface area contributed by atoms with E-state index in [4.69, 9.17) is 21.1 Å². The predicted molar refractivity (Wildman–Crippen MR) is 90.4 cm³/mol. The Balaban J connectivity index is 1.85. The van der Waals surface area contributed by atoms with Gasteiger partial charge in [-0.05, 0) is 32.4 Å². The molecule has 3 rings (SSSR count). The molecule has 1 fully saturated rings. The van der Waals surface area contributed by atoms with Crippen molar-refractivity contribution in [2.24, 2.45) is 0 Å². The van der Waals surface area contributed by atoms with Crippen molar-refractivity contribution in [2.45, 2.75) is 39.3 Å². The van der Waals surface area contributed by atoms with E-state index in [1.807, 2.05) is 20.8 Å². The minimum atomic E-state index is -0.513. The van der Waals surface area contributed by atoms with Crippen LogP contribution in [0.5, 0.6) is 0 Å². The molecule has 2 aliphatic heterocycles. The lowest BCUT2D eigenvalue weighted by Gasteiger charge is -2.34. The third-order valence-electron chi connectivity index (χ3n) is 3.97. The normalized spacial score (nSPS) is 18.3. The second-order valence-electron chi connectivity index (χ2n) is 6.99. The first-order valence-corrected chi connectivity index (χ1v) is 8.57. The average molecular weight is 355 g/mol. The number of hydrogen-bond donors (Lipinski definition) is 0. The van der Waals surface area contributed by atoms with Gasteiger partial charge in [0.05, 0.1) is 25.5 Å². The number of halogens is 1. The predicted octanol–water partition coefficient (Wildman–Crippen LogP) is 2.26. The van der Waals surface area contributed by atoms with Crippen LogP contribution in [-0.4, -0.2) is 59.4 Å². The molecule has 1 aromatic heterocycles. The Morgan fingerprint density at radius 1 is 1.21 bits per heavy atom. The zero-order chi connectivity index (χ0) is 17.3. The summed E-state index contributed by atoms with van der Waals surface area (Å²) in [6.07, 6.45) is 0.338. The van der Waals surface area contributed by atoms with Crippen LogP contribution in [0, 0.1) is 0 Å². The molecular weight excluding hydrogens is 332 g/mol. The molecule has 0 bridgehead atoms. The van der Waals surface area contributed by atoms with Crippen LogP contribution in [0.3, 0.4) is 0 Å². The summed E-state index contributed by atoms with van der Waals surface area (Å²) in [5, 5.41) is 0.251. The number of rotatable bonds is 1. The summed E-state index contributed by atoms with van der Waals surface area (Å²) in [5.41, 5.74) is 1.36. The number of amides is 1. The molecule has 7 nitrogen and oxygen atoms in total. The van der Waals surface area contributed by atoms with Crippen LogP contribution in [0.2, 0.25) is 5.28 Å². The van der Waals surface area contributed by atoms with Crippen LogP contribution in [0.4, 0.5) is 10.6 Å². The van der Waals surface area contributed by atoms with Crippen molar-refractivity contribution >= 4 is 23.5 Å². The highest BCUT2D eigenvalue weighted by atomic mass is 35.5. The highest BCUT2D eigenvalue weighted by Crippen LogP contribution is 2.29. The van der Waals surface area contributed by atoms with E-state index in [9.17, 15) is 4.79 Å². The van der Waals surface area contributed by atoms with Crippen molar-refractivity contribution in [1.82, 2.24) is 14.9 Å². The highest BCUT2D eigenvalue weighted by Gasteiger charge is 2.30. The first-order valence-electron chi connectivity index (χ1n) is 8.19. The average Bonchev–Trinajstić information content (AvgIpc) is 2.53. The number of carbonyl (C=O) groups is 1. The second kappa shape index (κ2) is 6.72. The molecule has 0 unspecified atom stereocenters. The number of hydrogen-bond acceptors (Lipinski definition) is 6. The summed E-state index contributed by atoms with van der Waals surface area (Å²) in [6.45, 7) is 9.43. The lowest BCUT2D eigenvalue weighted by atomic mass is 10.1. The van der Waals surface area contributed by atoms with Crippen molar-refractivity contribution < 1.29 is 14.3 Å². The van der Waals surface area contributed by atoms with Crippen LogP contribution in [0.15, 0.2) is 0 Å². The monoisotopic (exact) mass is 354 g/mol. The third kappa shape index (κ3) is 3.89. The summed E-state index contributed by atoms with van der Waals surface area (Å²) in [6, 6.07) is 0. The molecule has 8 heteroatoms. The Morgan fingerprint density at radius 2 is 1.92 bits per heavy atom. The molecule has 0 aliphatic carbocycles. The molecule has 24 heavy (non-hydrogen) atoms. The van der Waals surface area contributed by atoms with Gasteiger partial charge in [0, 0.05) is 31.6 Å². The van der Waals surface area contributed by atoms with Crippen molar-refractivity contribution in [1.29, 1.82) is 0 Å². The quantitative estimate of drug-likeness (QED) is 0.721. The summed E-state index contributed by atoms with van der Waals surface area (Å²) in [4.78, 5) is 25.0. The largest absolute Gasteiger partial charge is 0.444 e. The first kappa shape index (κ1) is 17.2. The van der Waals surface area contributed by atoms with Crippen LogP contribution in [0.1, 0.15) is 32.0 Å². The number of nitrogens with zero attached hydrogens (tertiary/aromatic N) is 4. The smallest absolute Gasteiger partial charge is 0.410 e. The second-order valence-corrected chi connectivity index (χ2v) is 7.33. The van der Waals surface area contributed by atoms with Crippen LogP contribution in [0.25, 0.3) is 0 Å². The van der Waals surface area contributed by atoms with E-state index >= 15 is 0 Å². The van der Waals surface area contributed by atoms with Gasteiger partial charge in [0.25, 0.3) is 0 Å². The number of carbonyl (C=O) groups excluding carboxylic acids is 1. The fourth-order valence-electron chi connectivity index (χ4n) is 2.89. The standard InChI is InChI=1S/C16H23ClN4O3/c1-16(2,3)24-15(22)21-5-4-12-11(10-21)13(19-14(17)18-12)20-6-8-23-9-7-20/h4-10H2,1-3H3. The molecule has 0 radical (unpaired) electrons. The van der Waals surface area contributed by atoms with E-state index in [0.717, 1.165) is 30.2 Å². The maximum absolute atomic E-state index is 12.4. The SMILES string of the molecule is CC(C)(C)OC(=O)N1CCc2nc(Cl)nc(N3CCOCC3)c2C1. The molecule has 0 saturated carbocycles. The third-order valence-corrected chi connectivity index (χ3v) is 4.14. The summed E-state index contributed by atoms with van der Waals surface area (Å²) in [5.74, 6) is 0.807. The van der Waals surface area contributed by atoms with Crippen molar-refractivity contribution in [3.63, 3.8) is 0 Å². The van der Waals surface area contributed by atoms with Crippen molar-refractivity contribution in [3.8, 4) is 0 Å². The minimum absolute atomic E-state index is 0.251. The van der Waals surface area contributed by atoms with E-state index in [-0.39, 0.29) is 11.4 Å². The molecule has 1 aromatic rings. The lowest BCUT2D eigenvalue weighted by molar-refractivity contribution is 0.0222. The molecule has 1 amide bonds. The van der Waals surface area contributed by atoms with E-state index in [1.165, 1.54) is 0 Å². The topological polar surface area (TPSA) is 67.8 Å². The van der Waals surface area contributed by atoms with Crippen LogP contribution < -0.4 is 4.90 Å². The van der Waals surface area contributed by atoms with Crippen molar-refractivity contribution in [2.75, 3.05) is 37.7 Å². The summed E-state index contributed by atoms with van der Waals surface area (Å²) in [7, 11) is 0. The van der Waals surface area contributed by atoms with E-state index in [1.54, 1.807) is 4.90 Å². The van der Waals surface area contributed by atoms with Gasteiger partial charge in [-0.25, -0.2) is 14.8 Å². The number of fused-ring (bicyclic) bond motifs is 1. The van der Waals surface area contributed by atoms with Gasteiger partial charge in [-0.2, -0.15) is 0 Å². The Bertz CT molecular complexity index is 626. The minimum Gasteiger partial charge on any atom is -0.444 e. The Kier molecular flexibility index (Phi) is 4.83. The molecule has 0 atom stereocenters. The molecule has 2 aliphatic rings. The number of morpholine rings is 1. The number of ether oxygens (including phenoxy) is 2. The molecule has 132 valence electrons. The van der Waals surface area contributed by atoms with E-state index in [2.05, 4.69) is 14.9 Å². The van der Waals surface area contributed by atoms with Gasteiger partial charge in [-0.3, -0.25) is 0 Å². The fraction of sp³-hybridized carbons (Fsp3) is 0.688. The van der Waals surface area contributed by atoms with E-state index < -0.39 is 5.60 Å². The van der Waals surface area contributed by atoms with Gasteiger partial charge in [0.15, 0.2) is 0 Å². The molecule has 0 spiro atoms. The zero-order valence-electron chi connectivity index (χ0n) is 14.3. The molecule has 1 saturated heterocycles. The number of anilines is 1. The lowest BCUT2D eigenvalue weighted by Crippen LogP contribution is -2.42. The Hall–Kier alpha value is -1.60. The van der Waals surface area contributed by atoms with E-state index in [0.29, 0.717) is 32.7 Å². The van der Waals surface area contributed by atoms with Gasteiger partial charge in [-0.1, -0.05) is 0 Å².